The first-order valence-corrected chi connectivity index (χ1v) is 12.7. The van der Waals surface area contributed by atoms with E-state index in [1.807, 2.05) is 0 Å². The molecule has 0 fully saturated rings. The number of nitrogens with one attached hydrogen (secondary N) is 2. The van der Waals surface area contributed by atoms with E-state index in [1.165, 1.54) is 0 Å². The summed E-state index contributed by atoms with van der Waals surface area (Å²) in [7, 11) is 0. The molecule has 0 bridgehead atoms. The predicted octanol–water partition coefficient (Wildman–Crippen LogP) is 5.11. The zero-order valence-electron chi connectivity index (χ0n) is 23.6. The minimum Gasteiger partial charge on any atom is -0.373 e. The van der Waals surface area contributed by atoms with Gasteiger partial charge >= 0.3 is 0 Å². The smallest absolute Gasteiger partial charge is 0.0708 e. The van der Waals surface area contributed by atoms with Gasteiger partial charge in [0.15, 0.2) is 0 Å². The Morgan fingerprint density at radius 2 is 0.939 bits per heavy atom. The molecule has 2 N–H and O–H groups in total. The highest BCUT2D eigenvalue weighted by Crippen LogP contribution is 2.15. The quantitative estimate of drug-likeness (QED) is 0.201. The van der Waals surface area contributed by atoms with E-state index in [-0.39, 0.29) is 22.4 Å². The molecule has 0 heterocycles. The van der Waals surface area contributed by atoms with Gasteiger partial charge in [0.2, 0.25) is 0 Å². The molecule has 0 saturated heterocycles. The van der Waals surface area contributed by atoms with Gasteiger partial charge in [0, 0.05) is 6.54 Å². The van der Waals surface area contributed by atoms with Crippen molar-refractivity contribution in [3.8, 4) is 0 Å². The van der Waals surface area contributed by atoms with Gasteiger partial charge in [-0.2, -0.15) is 0 Å². The van der Waals surface area contributed by atoms with E-state index in [4.69, 9.17) is 18.9 Å². The van der Waals surface area contributed by atoms with Crippen molar-refractivity contribution in [1.82, 2.24) is 10.6 Å². The summed E-state index contributed by atoms with van der Waals surface area (Å²) in [6, 6.07) is 0. The van der Waals surface area contributed by atoms with E-state index in [0.717, 1.165) is 45.4 Å². The molecule has 0 atom stereocenters. The molecule has 198 valence electrons. The largest absolute Gasteiger partial charge is 0.373 e. The average Bonchev–Trinajstić information content (AvgIpc) is 2.65. The van der Waals surface area contributed by atoms with Gasteiger partial charge in [0.05, 0.1) is 48.8 Å². The fourth-order valence-corrected chi connectivity index (χ4v) is 2.95. The maximum Gasteiger partial charge on any atom is 0.0708 e. The topological polar surface area (TPSA) is 61.0 Å². The van der Waals surface area contributed by atoms with Crippen LogP contribution in [0.15, 0.2) is 12.2 Å². The molecule has 0 rings (SSSR count). The molecular weight excluding hydrogens is 416 g/mol. The van der Waals surface area contributed by atoms with Gasteiger partial charge in [-0.1, -0.05) is 12.2 Å². The van der Waals surface area contributed by atoms with Crippen LogP contribution in [0.2, 0.25) is 0 Å². The van der Waals surface area contributed by atoms with E-state index < -0.39 is 0 Å². The summed E-state index contributed by atoms with van der Waals surface area (Å²) in [4.78, 5) is 0. The van der Waals surface area contributed by atoms with Crippen molar-refractivity contribution >= 4 is 0 Å². The molecule has 0 aromatic heterocycles. The molecule has 0 saturated carbocycles. The second kappa shape index (κ2) is 16.2. The van der Waals surface area contributed by atoms with Crippen molar-refractivity contribution in [2.24, 2.45) is 0 Å². The molecule has 0 aromatic carbocycles. The Kier molecular flexibility index (Phi) is 16.0. The summed E-state index contributed by atoms with van der Waals surface area (Å²) < 4.78 is 23.4. The first-order chi connectivity index (χ1) is 15.1. The van der Waals surface area contributed by atoms with Crippen molar-refractivity contribution in [3.63, 3.8) is 0 Å². The minimum atomic E-state index is -0.140. The van der Waals surface area contributed by atoms with Gasteiger partial charge in [-0.15, -0.1) is 0 Å². The lowest BCUT2D eigenvalue weighted by atomic mass is 10.1. The lowest BCUT2D eigenvalue weighted by Gasteiger charge is -2.27. The minimum absolute atomic E-state index is 0.106. The summed E-state index contributed by atoms with van der Waals surface area (Å²) in [5.74, 6) is 0. The van der Waals surface area contributed by atoms with E-state index >= 15 is 0 Å². The number of hydrogen-bond acceptors (Lipinski definition) is 6. The summed E-state index contributed by atoms with van der Waals surface area (Å²) in [5.41, 5.74) is -0.488. The van der Waals surface area contributed by atoms with Crippen LogP contribution in [0.25, 0.3) is 0 Å². The fraction of sp³-hybridized carbons (Fsp3) is 0.926. The van der Waals surface area contributed by atoms with E-state index in [1.54, 1.807) is 0 Å². The molecule has 0 aliphatic carbocycles. The van der Waals surface area contributed by atoms with Gasteiger partial charge < -0.3 is 29.6 Å². The predicted molar refractivity (Wildman–Crippen MR) is 140 cm³/mol. The highest BCUT2D eigenvalue weighted by atomic mass is 16.5. The zero-order valence-corrected chi connectivity index (χ0v) is 23.6. The Morgan fingerprint density at radius 1 is 0.515 bits per heavy atom. The summed E-state index contributed by atoms with van der Waals surface area (Å²) in [5, 5.41) is 6.97. The maximum atomic E-state index is 5.97. The van der Waals surface area contributed by atoms with Gasteiger partial charge in [-0.3, -0.25) is 0 Å². The molecular formula is C27H56N2O4. The first kappa shape index (κ1) is 32.5. The van der Waals surface area contributed by atoms with Crippen LogP contribution in [-0.4, -0.2) is 75.0 Å². The second-order valence-electron chi connectivity index (χ2n) is 11.9. The summed E-state index contributed by atoms with van der Waals surface area (Å²) in [6.45, 7) is 27.2. The fourth-order valence-electron chi connectivity index (χ4n) is 2.95. The highest BCUT2D eigenvalue weighted by molar-refractivity contribution is 4.85. The van der Waals surface area contributed by atoms with Crippen molar-refractivity contribution < 1.29 is 18.9 Å². The van der Waals surface area contributed by atoms with Gasteiger partial charge in [-0.25, -0.2) is 0 Å². The van der Waals surface area contributed by atoms with Gasteiger partial charge in [0.1, 0.15) is 0 Å². The van der Waals surface area contributed by atoms with Crippen molar-refractivity contribution in [2.75, 3.05) is 52.6 Å². The molecule has 0 radical (unpaired) electrons. The lowest BCUT2D eigenvalue weighted by molar-refractivity contribution is -0.0806. The standard InChI is InChI=1S/C27H56N2O4/c1-24(2,3)30-20-22-32-26(7,8)14-18-28-16-12-11-13-17-29-19-15-27(9,10)33-23-21-31-25(4,5)6/h11-12,28-29H,13-23H2,1-10H3/b12-11+. The van der Waals surface area contributed by atoms with Crippen molar-refractivity contribution in [1.29, 1.82) is 0 Å². The Balaban J connectivity index is 3.65. The molecule has 0 unspecified atom stereocenters. The summed E-state index contributed by atoms with van der Waals surface area (Å²) in [6.07, 6.45) is 7.42. The van der Waals surface area contributed by atoms with Crippen LogP contribution in [0.4, 0.5) is 0 Å². The molecule has 0 spiro atoms. The van der Waals surface area contributed by atoms with E-state index in [9.17, 15) is 0 Å². The van der Waals surface area contributed by atoms with E-state index in [2.05, 4.69) is 92.0 Å². The van der Waals surface area contributed by atoms with E-state index in [0.29, 0.717) is 26.4 Å². The molecule has 0 amide bonds. The third kappa shape index (κ3) is 24.4. The van der Waals surface area contributed by atoms with Crippen molar-refractivity contribution in [3.05, 3.63) is 12.2 Å². The molecule has 6 heteroatoms. The monoisotopic (exact) mass is 472 g/mol. The van der Waals surface area contributed by atoms with Crippen LogP contribution < -0.4 is 10.6 Å². The molecule has 0 aliphatic heterocycles. The van der Waals surface area contributed by atoms with Crippen LogP contribution >= 0.6 is 0 Å². The normalized spacial score (nSPS) is 13.9. The Morgan fingerprint density at radius 3 is 1.39 bits per heavy atom. The third-order valence-corrected chi connectivity index (χ3v) is 4.95. The van der Waals surface area contributed by atoms with Crippen LogP contribution in [0.5, 0.6) is 0 Å². The van der Waals surface area contributed by atoms with Crippen molar-refractivity contribution in [2.45, 2.75) is 111 Å². The molecule has 33 heavy (non-hydrogen) atoms. The van der Waals surface area contributed by atoms with Crippen LogP contribution in [-0.2, 0) is 18.9 Å². The van der Waals surface area contributed by atoms with Crippen LogP contribution in [0.3, 0.4) is 0 Å². The lowest BCUT2D eigenvalue weighted by Crippen LogP contribution is -2.32. The number of ether oxygens (including phenoxy) is 4. The maximum absolute atomic E-state index is 5.97. The molecule has 0 aromatic rings. The summed E-state index contributed by atoms with van der Waals surface area (Å²) >= 11 is 0. The van der Waals surface area contributed by atoms with Crippen LogP contribution in [0, 0.1) is 0 Å². The number of hydrogen-bond donors (Lipinski definition) is 2. The highest BCUT2D eigenvalue weighted by Gasteiger charge is 2.19. The Labute approximate surface area is 205 Å². The first-order valence-electron chi connectivity index (χ1n) is 12.7. The second-order valence-corrected chi connectivity index (χ2v) is 11.9. The number of rotatable bonds is 19. The zero-order chi connectivity index (χ0) is 25.4. The average molecular weight is 473 g/mol. The van der Waals surface area contributed by atoms with Gasteiger partial charge in [0.25, 0.3) is 0 Å². The third-order valence-electron chi connectivity index (χ3n) is 4.95. The van der Waals surface area contributed by atoms with Gasteiger partial charge in [-0.05, 0) is 108 Å². The SMILES string of the molecule is CC(C)(C)OCCOC(C)(C)CCNC/C=C/CCNCCC(C)(C)OCCOC(C)(C)C. The Hall–Kier alpha value is -0.500. The Bertz CT molecular complexity index is 505. The molecule has 0 aliphatic rings. The van der Waals surface area contributed by atoms with Crippen LogP contribution in [0.1, 0.15) is 88.5 Å². The molecule has 6 nitrogen and oxygen atoms in total.